The number of aromatic nitrogens is 1. The fourth-order valence-corrected chi connectivity index (χ4v) is 4.22. The normalized spacial score (nSPS) is 20.0. The number of phenols is 1. The van der Waals surface area contributed by atoms with Crippen molar-refractivity contribution in [3.8, 4) is 5.75 Å². The molecule has 0 fully saturated rings. The molecule has 1 aliphatic rings. The summed E-state index contributed by atoms with van der Waals surface area (Å²) in [5.74, 6) is 1.04. The van der Waals surface area contributed by atoms with Crippen molar-refractivity contribution in [2.24, 2.45) is 5.92 Å². The maximum Gasteiger partial charge on any atom is 0.119 e. The number of aromatic hydroxyl groups is 1. The molecular weight excluding hydrogens is 308 g/mol. The number of fused-ring (bicyclic) bond motifs is 2. The molecule has 4 rings (SSSR count). The molecule has 1 aliphatic carbocycles. The lowest BCUT2D eigenvalue weighted by Gasteiger charge is -2.35. The molecule has 0 bridgehead atoms. The standard InChI is InChI=1S/C22H24N2O/c1-24(2)14-16-11-12-20-18(13-15-7-3-5-9-19(15)23-20)22(16)17-8-4-6-10-21(17)25/h3-10,13,16,22,25H,11-12,14H2,1-2H3. The Kier molecular flexibility index (Phi) is 4.18. The lowest BCUT2D eigenvalue weighted by molar-refractivity contribution is 0.278. The van der Waals surface area contributed by atoms with Crippen LogP contribution in [-0.2, 0) is 6.42 Å². The van der Waals surface area contributed by atoms with Gasteiger partial charge in [-0.25, -0.2) is 0 Å². The molecule has 128 valence electrons. The summed E-state index contributed by atoms with van der Waals surface area (Å²) in [7, 11) is 4.24. The molecule has 1 heterocycles. The van der Waals surface area contributed by atoms with Crippen LogP contribution in [0.15, 0.2) is 54.6 Å². The molecule has 0 saturated carbocycles. The molecule has 3 aromatic rings. The van der Waals surface area contributed by atoms with E-state index in [1.807, 2.05) is 18.2 Å². The largest absolute Gasteiger partial charge is 0.508 e. The van der Waals surface area contributed by atoms with Gasteiger partial charge in [-0.3, -0.25) is 4.98 Å². The van der Waals surface area contributed by atoms with Gasteiger partial charge in [-0.2, -0.15) is 0 Å². The van der Waals surface area contributed by atoms with E-state index in [0.717, 1.165) is 30.5 Å². The van der Waals surface area contributed by atoms with E-state index < -0.39 is 0 Å². The van der Waals surface area contributed by atoms with E-state index in [1.165, 1.54) is 16.6 Å². The highest BCUT2D eigenvalue weighted by atomic mass is 16.3. The van der Waals surface area contributed by atoms with Gasteiger partial charge in [-0.15, -0.1) is 0 Å². The topological polar surface area (TPSA) is 36.4 Å². The molecule has 0 saturated heterocycles. The SMILES string of the molecule is CN(C)CC1CCc2nc3ccccc3cc2C1c1ccccc1O. The minimum absolute atomic E-state index is 0.185. The average Bonchev–Trinajstić information content (AvgIpc) is 2.60. The molecule has 25 heavy (non-hydrogen) atoms. The van der Waals surface area contributed by atoms with Crippen molar-refractivity contribution in [3.05, 3.63) is 71.4 Å². The van der Waals surface area contributed by atoms with Gasteiger partial charge in [0.05, 0.1) is 5.52 Å². The number of hydrogen-bond donors (Lipinski definition) is 1. The number of aryl methyl sites for hydroxylation is 1. The van der Waals surface area contributed by atoms with Crippen molar-refractivity contribution in [3.63, 3.8) is 0 Å². The fourth-order valence-electron chi connectivity index (χ4n) is 4.22. The van der Waals surface area contributed by atoms with E-state index in [9.17, 15) is 5.11 Å². The minimum Gasteiger partial charge on any atom is -0.508 e. The van der Waals surface area contributed by atoms with E-state index in [2.05, 4.69) is 49.3 Å². The minimum atomic E-state index is 0.185. The predicted octanol–water partition coefficient (Wildman–Crippen LogP) is 4.20. The van der Waals surface area contributed by atoms with E-state index in [1.54, 1.807) is 6.07 Å². The van der Waals surface area contributed by atoms with Crippen LogP contribution < -0.4 is 0 Å². The summed E-state index contributed by atoms with van der Waals surface area (Å²) in [4.78, 5) is 7.19. The zero-order valence-electron chi connectivity index (χ0n) is 14.8. The number of pyridine rings is 1. The number of phenolic OH excluding ortho intramolecular Hbond substituents is 1. The third kappa shape index (κ3) is 3.00. The number of nitrogens with zero attached hydrogens (tertiary/aromatic N) is 2. The van der Waals surface area contributed by atoms with Crippen LogP contribution in [0.4, 0.5) is 0 Å². The van der Waals surface area contributed by atoms with Crippen LogP contribution in [0.1, 0.15) is 29.2 Å². The summed E-state index contributed by atoms with van der Waals surface area (Å²) in [5.41, 5.74) is 4.54. The molecule has 0 aliphatic heterocycles. The zero-order valence-corrected chi connectivity index (χ0v) is 14.8. The number of para-hydroxylation sites is 2. The van der Waals surface area contributed by atoms with Gasteiger partial charge in [-0.05, 0) is 56.6 Å². The van der Waals surface area contributed by atoms with Crippen molar-refractivity contribution in [2.45, 2.75) is 18.8 Å². The first-order valence-corrected chi connectivity index (χ1v) is 8.94. The van der Waals surface area contributed by atoms with Crippen molar-refractivity contribution < 1.29 is 5.11 Å². The first kappa shape index (κ1) is 16.1. The van der Waals surface area contributed by atoms with Crippen molar-refractivity contribution >= 4 is 10.9 Å². The summed E-state index contributed by atoms with van der Waals surface area (Å²) in [6.45, 7) is 1.01. The van der Waals surface area contributed by atoms with Gasteiger partial charge in [0.2, 0.25) is 0 Å². The van der Waals surface area contributed by atoms with E-state index in [-0.39, 0.29) is 5.92 Å². The van der Waals surface area contributed by atoms with Gasteiger partial charge in [0.1, 0.15) is 5.75 Å². The van der Waals surface area contributed by atoms with Crippen LogP contribution in [0.25, 0.3) is 10.9 Å². The smallest absolute Gasteiger partial charge is 0.119 e. The second-order valence-electron chi connectivity index (χ2n) is 7.31. The summed E-state index contributed by atoms with van der Waals surface area (Å²) in [6.07, 6.45) is 2.10. The Morgan fingerprint density at radius 1 is 1.04 bits per heavy atom. The summed E-state index contributed by atoms with van der Waals surface area (Å²) < 4.78 is 0. The van der Waals surface area contributed by atoms with Gasteiger partial charge < -0.3 is 10.0 Å². The average molecular weight is 332 g/mol. The molecule has 2 atom stereocenters. The molecule has 1 aromatic heterocycles. The summed E-state index contributed by atoms with van der Waals surface area (Å²) >= 11 is 0. The number of rotatable bonds is 3. The van der Waals surface area contributed by atoms with Crippen LogP contribution in [0.3, 0.4) is 0 Å². The third-order valence-corrected chi connectivity index (χ3v) is 5.27. The van der Waals surface area contributed by atoms with Crippen LogP contribution in [0.5, 0.6) is 5.75 Å². The maximum atomic E-state index is 10.5. The van der Waals surface area contributed by atoms with Crippen molar-refractivity contribution in [1.82, 2.24) is 9.88 Å². The molecule has 2 unspecified atom stereocenters. The molecule has 1 N–H and O–H groups in total. The molecule has 0 spiro atoms. The van der Waals surface area contributed by atoms with Gasteiger partial charge in [0.15, 0.2) is 0 Å². The Labute approximate surface area is 148 Å². The fraction of sp³-hybridized carbons (Fsp3) is 0.318. The number of benzene rings is 2. The Hall–Kier alpha value is -2.39. The van der Waals surface area contributed by atoms with Crippen molar-refractivity contribution in [2.75, 3.05) is 20.6 Å². The zero-order chi connectivity index (χ0) is 17.4. The van der Waals surface area contributed by atoms with Crippen LogP contribution in [-0.4, -0.2) is 35.6 Å². The molecule has 3 nitrogen and oxygen atoms in total. The Bertz CT molecular complexity index is 903. The first-order chi connectivity index (χ1) is 12.1. The van der Waals surface area contributed by atoms with Crippen LogP contribution in [0.2, 0.25) is 0 Å². The third-order valence-electron chi connectivity index (χ3n) is 5.27. The Morgan fingerprint density at radius 2 is 1.80 bits per heavy atom. The molecule has 0 radical (unpaired) electrons. The van der Waals surface area contributed by atoms with Gasteiger partial charge in [0, 0.05) is 29.1 Å². The van der Waals surface area contributed by atoms with Gasteiger partial charge in [0.25, 0.3) is 0 Å². The maximum absolute atomic E-state index is 10.5. The first-order valence-electron chi connectivity index (χ1n) is 8.94. The predicted molar refractivity (Wildman–Crippen MR) is 102 cm³/mol. The summed E-state index contributed by atoms with van der Waals surface area (Å²) in [6, 6.07) is 18.4. The van der Waals surface area contributed by atoms with E-state index in [4.69, 9.17) is 4.98 Å². The summed E-state index contributed by atoms with van der Waals surface area (Å²) in [5, 5.41) is 11.7. The quantitative estimate of drug-likeness (QED) is 0.781. The van der Waals surface area contributed by atoms with E-state index in [0.29, 0.717) is 11.7 Å². The Morgan fingerprint density at radius 3 is 2.60 bits per heavy atom. The van der Waals surface area contributed by atoms with Crippen LogP contribution >= 0.6 is 0 Å². The van der Waals surface area contributed by atoms with E-state index >= 15 is 0 Å². The highest BCUT2D eigenvalue weighted by Gasteiger charge is 2.33. The molecule has 2 aromatic carbocycles. The lowest BCUT2D eigenvalue weighted by Crippen LogP contribution is -2.31. The van der Waals surface area contributed by atoms with Gasteiger partial charge >= 0.3 is 0 Å². The Balaban J connectivity index is 1.90. The molecule has 3 heteroatoms. The van der Waals surface area contributed by atoms with Crippen LogP contribution in [0, 0.1) is 5.92 Å². The molecular formula is C22H24N2O. The monoisotopic (exact) mass is 332 g/mol. The van der Waals surface area contributed by atoms with Gasteiger partial charge in [-0.1, -0.05) is 36.4 Å². The lowest BCUT2D eigenvalue weighted by atomic mass is 9.72. The second-order valence-corrected chi connectivity index (χ2v) is 7.31. The molecule has 0 amide bonds. The second kappa shape index (κ2) is 6.49. The number of hydrogen-bond acceptors (Lipinski definition) is 3. The van der Waals surface area contributed by atoms with Crippen molar-refractivity contribution in [1.29, 1.82) is 0 Å². The highest BCUT2D eigenvalue weighted by molar-refractivity contribution is 5.80. The highest BCUT2D eigenvalue weighted by Crippen LogP contribution is 2.44.